The molecule has 1 aromatic heterocycles. The van der Waals surface area contributed by atoms with E-state index in [-0.39, 0.29) is 6.04 Å². The Hall–Kier alpha value is -1.00. The second kappa shape index (κ2) is 6.64. The van der Waals surface area contributed by atoms with Gasteiger partial charge in [0, 0.05) is 0 Å². The number of aryl methyl sites for hydroxylation is 2. The van der Waals surface area contributed by atoms with Gasteiger partial charge in [-0.1, -0.05) is 20.8 Å². The van der Waals surface area contributed by atoms with Gasteiger partial charge in [0.05, 0.1) is 17.4 Å². The van der Waals surface area contributed by atoms with E-state index in [1.165, 1.54) is 24.8 Å². The number of hydrogen-bond donors (Lipinski definition) is 2. The first kappa shape index (κ1) is 15.4. The van der Waals surface area contributed by atoms with Crippen LogP contribution in [-0.4, -0.2) is 10.2 Å². The number of hydrogen-bond acceptors (Lipinski definition) is 4. The topological polar surface area (TPSA) is 63.8 Å². The molecule has 1 fully saturated rings. The highest BCUT2D eigenvalue weighted by Crippen LogP contribution is 2.40. The van der Waals surface area contributed by atoms with E-state index in [1.807, 2.05) is 6.92 Å². The van der Waals surface area contributed by atoms with Crippen LogP contribution in [0.2, 0.25) is 0 Å². The van der Waals surface area contributed by atoms with Crippen LogP contribution in [0.5, 0.6) is 0 Å². The number of nitrogens with zero attached hydrogens (tertiary/aromatic N) is 2. The van der Waals surface area contributed by atoms with Crippen molar-refractivity contribution in [3.05, 3.63) is 23.0 Å². The van der Waals surface area contributed by atoms with Crippen molar-refractivity contribution >= 4 is 0 Å². The van der Waals surface area contributed by atoms with E-state index in [2.05, 4.69) is 42.5 Å². The van der Waals surface area contributed by atoms with Gasteiger partial charge in [-0.2, -0.15) is 10.2 Å². The minimum Gasteiger partial charge on any atom is -0.271 e. The van der Waals surface area contributed by atoms with Gasteiger partial charge in [0.25, 0.3) is 0 Å². The van der Waals surface area contributed by atoms with Crippen molar-refractivity contribution in [1.82, 2.24) is 15.6 Å². The molecule has 1 aliphatic rings. The van der Waals surface area contributed by atoms with Crippen LogP contribution in [-0.2, 0) is 6.42 Å². The zero-order valence-electron chi connectivity index (χ0n) is 13.2. The summed E-state index contributed by atoms with van der Waals surface area (Å²) in [6.45, 7) is 8.83. The molecule has 0 spiro atoms. The molecule has 0 saturated heterocycles. The smallest absolute Gasteiger partial charge is 0.0676 e. The van der Waals surface area contributed by atoms with E-state index in [1.54, 1.807) is 0 Å². The van der Waals surface area contributed by atoms with Gasteiger partial charge < -0.3 is 0 Å². The maximum absolute atomic E-state index is 5.90. The SMILES string of the molecule is CCc1nnc(C)cc1C(NN)C1CC(C)CC(C)C1. The number of nitrogens with one attached hydrogen (secondary N) is 1. The molecule has 3 unspecified atom stereocenters. The summed E-state index contributed by atoms with van der Waals surface area (Å²) in [6, 6.07) is 2.35. The fourth-order valence-electron chi connectivity index (χ4n) is 3.84. The Morgan fingerprint density at radius 2 is 1.90 bits per heavy atom. The molecule has 1 aliphatic carbocycles. The lowest BCUT2D eigenvalue weighted by Crippen LogP contribution is -2.37. The predicted molar refractivity (Wildman–Crippen MR) is 81.9 cm³/mol. The maximum Gasteiger partial charge on any atom is 0.0676 e. The first-order valence-electron chi connectivity index (χ1n) is 7.84. The lowest BCUT2D eigenvalue weighted by molar-refractivity contribution is 0.176. The average molecular weight is 276 g/mol. The molecule has 0 amide bonds. The fourth-order valence-corrected chi connectivity index (χ4v) is 3.84. The third kappa shape index (κ3) is 3.36. The third-order valence-electron chi connectivity index (χ3n) is 4.56. The normalized spacial score (nSPS) is 28.4. The fraction of sp³-hybridized carbons (Fsp3) is 0.750. The molecule has 4 nitrogen and oxygen atoms in total. The molecule has 0 radical (unpaired) electrons. The van der Waals surface area contributed by atoms with Gasteiger partial charge >= 0.3 is 0 Å². The third-order valence-corrected chi connectivity index (χ3v) is 4.56. The number of aromatic nitrogens is 2. The van der Waals surface area contributed by atoms with Crippen LogP contribution >= 0.6 is 0 Å². The molecule has 2 rings (SSSR count). The Kier molecular flexibility index (Phi) is 5.11. The number of rotatable bonds is 4. The van der Waals surface area contributed by atoms with Crippen LogP contribution in [0.3, 0.4) is 0 Å². The minimum absolute atomic E-state index is 0.198. The monoisotopic (exact) mass is 276 g/mol. The molecule has 20 heavy (non-hydrogen) atoms. The summed E-state index contributed by atoms with van der Waals surface area (Å²) >= 11 is 0. The van der Waals surface area contributed by atoms with Crippen molar-refractivity contribution in [2.75, 3.05) is 0 Å². The van der Waals surface area contributed by atoms with Crippen molar-refractivity contribution < 1.29 is 0 Å². The summed E-state index contributed by atoms with van der Waals surface area (Å²) in [5.41, 5.74) is 6.35. The zero-order chi connectivity index (χ0) is 14.7. The Morgan fingerprint density at radius 3 is 2.45 bits per heavy atom. The second-order valence-corrected chi connectivity index (χ2v) is 6.56. The molecular weight excluding hydrogens is 248 g/mol. The van der Waals surface area contributed by atoms with Crippen LogP contribution in [0.1, 0.15) is 63.0 Å². The molecule has 1 aromatic rings. The van der Waals surface area contributed by atoms with Gasteiger partial charge in [0.2, 0.25) is 0 Å². The van der Waals surface area contributed by atoms with Crippen molar-refractivity contribution in [2.45, 2.75) is 59.4 Å². The molecular formula is C16H28N4. The maximum atomic E-state index is 5.90. The summed E-state index contributed by atoms with van der Waals surface area (Å²) in [4.78, 5) is 0. The van der Waals surface area contributed by atoms with Crippen molar-refractivity contribution in [3.63, 3.8) is 0 Å². The standard InChI is InChI=1S/C16H28N4/c1-5-15-14(9-12(4)19-20-15)16(18-17)13-7-10(2)6-11(3)8-13/h9-11,13,16,18H,5-8,17H2,1-4H3. The summed E-state index contributed by atoms with van der Waals surface area (Å²) in [6.07, 6.45) is 4.72. The first-order valence-corrected chi connectivity index (χ1v) is 7.84. The summed E-state index contributed by atoms with van der Waals surface area (Å²) in [7, 11) is 0. The van der Waals surface area contributed by atoms with Crippen LogP contribution in [0.25, 0.3) is 0 Å². The molecule has 3 atom stereocenters. The van der Waals surface area contributed by atoms with E-state index >= 15 is 0 Å². The van der Waals surface area contributed by atoms with Crippen molar-refractivity contribution in [3.8, 4) is 0 Å². The Bertz CT molecular complexity index is 436. The van der Waals surface area contributed by atoms with Crippen LogP contribution in [0.15, 0.2) is 6.07 Å². The minimum atomic E-state index is 0.198. The Labute approximate surface area is 122 Å². The Morgan fingerprint density at radius 1 is 1.25 bits per heavy atom. The van der Waals surface area contributed by atoms with Crippen LogP contribution < -0.4 is 11.3 Å². The predicted octanol–water partition coefficient (Wildman–Crippen LogP) is 2.92. The van der Waals surface area contributed by atoms with Gasteiger partial charge in [-0.05, 0) is 62.0 Å². The van der Waals surface area contributed by atoms with Crippen molar-refractivity contribution in [2.24, 2.45) is 23.6 Å². The van der Waals surface area contributed by atoms with Gasteiger partial charge in [0.15, 0.2) is 0 Å². The molecule has 1 heterocycles. The molecule has 0 aromatic carbocycles. The van der Waals surface area contributed by atoms with E-state index in [0.717, 1.165) is 29.6 Å². The quantitative estimate of drug-likeness (QED) is 0.655. The van der Waals surface area contributed by atoms with Crippen LogP contribution in [0, 0.1) is 24.7 Å². The average Bonchev–Trinajstić information content (AvgIpc) is 2.39. The van der Waals surface area contributed by atoms with Gasteiger partial charge in [0.1, 0.15) is 0 Å². The molecule has 1 saturated carbocycles. The van der Waals surface area contributed by atoms with E-state index in [0.29, 0.717) is 5.92 Å². The largest absolute Gasteiger partial charge is 0.271 e. The van der Waals surface area contributed by atoms with E-state index in [4.69, 9.17) is 5.84 Å². The first-order chi connectivity index (χ1) is 9.55. The van der Waals surface area contributed by atoms with Gasteiger partial charge in [-0.25, -0.2) is 0 Å². The zero-order valence-corrected chi connectivity index (χ0v) is 13.2. The summed E-state index contributed by atoms with van der Waals surface area (Å²) < 4.78 is 0. The lowest BCUT2D eigenvalue weighted by atomic mass is 9.72. The molecule has 3 N–H and O–H groups in total. The number of nitrogens with two attached hydrogens (primary N) is 1. The highest BCUT2D eigenvalue weighted by Gasteiger charge is 2.31. The van der Waals surface area contributed by atoms with Gasteiger partial charge in [-0.15, -0.1) is 0 Å². The molecule has 4 heteroatoms. The summed E-state index contributed by atoms with van der Waals surface area (Å²) in [5.74, 6) is 8.05. The number of hydrazine groups is 1. The van der Waals surface area contributed by atoms with Crippen LogP contribution in [0.4, 0.5) is 0 Å². The Balaban J connectivity index is 2.29. The molecule has 112 valence electrons. The highest BCUT2D eigenvalue weighted by atomic mass is 15.2. The lowest BCUT2D eigenvalue weighted by Gasteiger charge is -2.36. The highest BCUT2D eigenvalue weighted by molar-refractivity contribution is 5.25. The molecule has 0 aliphatic heterocycles. The van der Waals surface area contributed by atoms with E-state index < -0.39 is 0 Å². The second-order valence-electron chi connectivity index (χ2n) is 6.56. The summed E-state index contributed by atoms with van der Waals surface area (Å²) in [5, 5.41) is 8.54. The van der Waals surface area contributed by atoms with Gasteiger partial charge in [-0.3, -0.25) is 11.3 Å². The van der Waals surface area contributed by atoms with E-state index in [9.17, 15) is 0 Å². The van der Waals surface area contributed by atoms with Crippen molar-refractivity contribution in [1.29, 1.82) is 0 Å². The molecule has 0 bridgehead atoms.